The minimum absolute atomic E-state index is 0.00343. The second-order valence-electron chi connectivity index (χ2n) is 5.95. The Labute approximate surface area is 148 Å². The van der Waals surface area contributed by atoms with E-state index in [1.807, 2.05) is 38.1 Å². The van der Waals surface area contributed by atoms with Crippen LogP contribution in [0.15, 0.2) is 35.9 Å². The van der Waals surface area contributed by atoms with Crippen molar-refractivity contribution in [3.05, 3.63) is 58.4 Å². The van der Waals surface area contributed by atoms with Crippen LogP contribution in [0.5, 0.6) is 0 Å². The average molecular weight is 337 g/mol. The minimum Gasteiger partial charge on any atom is -0.396 e. The number of carbonyl (C=O) groups excluding carboxylic acids is 1. The third kappa shape index (κ3) is 4.17. The standard InChI is InChI=1S/C20H23N3O2/c1-14-7-4-5-8-19(14)23-15(2)11-17(16(23)3)12-18(13-21)20(25)22-9-6-10-24/h4-5,7-8,11-12,24H,6,9-10H2,1-3H3,(H,22,25)/b18-12-. The van der Waals surface area contributed by atoms with Crippen molar-refractivity contribution in [2.45, 2.75) is 27.2 Å². The lowest BCUT2D eigenvalue weighted by molar-refractivity contribution is -0.117. The number of nitrogens with zero attached hydrogens (tertiary/aromatic N) is 2. The summed E-state index contributed by atoms with van der Waals surface area (Å²) in [5, 5.41) is 20.7. The van der Waals surface area contributed by atoms with Gasteiger partial charge in [-0.2, -0.15) is 5.26 Å². The Morgan fingerprint density at radius 1 is 1.32 bits per heavy atom. The zero-order valence-corrected chi connectivity index (χ0v) is 14.8. The SMILES string of the molecule is Cc1ccccc1-n1c(C)cc(/C=C(/C#N)C(=O)NCCCO)c1C. The topological polar surface area (TPSA) is 78.0 Å². The van der Waals surface area contributed by atoms with Gasteiger partial charge in [-0.1, -0.05) is 18.2 Å². The molecule has 2 aromatic rings. The predicted molar refractivity (Wildman–Crippen MR) is 98.3 cm³/mol. The lowest BCUT2D eigenvalue weighted by Crippen LogP contribution is -2.26. The summed E-state index contributed by atoms with van der Waals surface area (Å²) in [6, 6.07) is 12.0. The van der Waals surface area contributed by atoms with E-state index in [4.69, 9.17) is 5.11 Å². The zero-order chi connectivity index (χ0) is 18.4. The van der Waals surface area contributed by atoms with Crippen molar-refractivity contribution in [1.82, 2.24) is 9.88 Å². The highest BCUT2D eigenvalue weighted by atomic mass is 16.3. The Morgan fingerprint density at radius 3 is 2.68 bits per heavy atom. The van der Waals surface area contributed by atoms with Crippen molar-refractivity contribution in [2.75, 3.05) is 13.2 Å². The monoisotopic (exact) mass is 337 g/mol. The second kappa shape index (κ2) is 8.32. The lowest BCUT2D eigenvalue weighted by atomic mass is 10.1. The largest absolute Gasteiger partial charge is 0.396 e. The lowest BCUT2D eigenvalue weighted by Gasteiger charge is -2.12. The van der Waals surface area contributed by atoms with E-state index in [0.29, 0.717) is 13.0 Å². The van der Waals surface area contributed by atoms with Crippen molar-refractivity contribution in [1.29, 1.82) is 5.26 Å². The number of carbonyl (C=O) groups is 1. The number of hydrogen-bond donors (Lipinski definition) is 2. The quantitative estimate of drug-likeness (QED) is 0.483. The van der Waals surface area contributed by atoms with Gasteiger partial charge in [0.1, 0.15) is 11.6 Å². The van der Waals surface area contributed by atoms with E-state index in [2.05, 4.69) is 28.9 Å². The van der Waals surface area contributed by atoms with Crippen LogP contribution in [0.25, 0.3) is 11.8 Å². The third-order valence-electron chi connectivity index (χ3n) is 4.11. The molecule has 1 aromatic heterocycles. The molecular formula is C20H23N3O2. The van der Waals surface area contributed by atoms with Gasteiger partial charge < -0.3 is 15.0 Å². The molecule has 0 spiro atoms. The number of hydrogen-bond acceptors (Lipinski definition) is 3. The predicted octanol–water partition coefficient (Wildman–Crippen LogP) is 2.81. The van der Waals surface area contributed by atoms with Crippen LogP contribution in [0.3, 0.4) is 0 Å². The Hall–Kier alpha value is -2.84. The van der Waals surface area contributed by atoms with Crippen molar-refractivity contribution in [2.24, 2.45) is 0 Å². The van der Waals surface area contributed by atoms with Crippen LogP contribution in [0.2, 0.25) is 0 Å². The summed E-state index contributed by atoms with van der Waals surface area (Å²) in [4.78, 5) is 12.1. The smallest absolute Gasteiger partial charge is 0.261 e. The number of aliphatic hydroxyl groups is 1. The Kier molecular flexibility index (Phi) is 6.15. The molecule has 25 heavy (non-hydrogen) atoms. The first-order valence-corrected chi connectivity index (χ1v) is 8.25. The number of benzene rings is 1. The number of nitrogens with one attached hydrogen (secondary N) is 1. The van der Waals surface area contributed by atoms with Gasteiger partial charge >= 0.3 is 0 Å². The molecule has 2 rings (SSSR count). The molecule has 1 aromatic carbocycles. The van der Waals surface area contributed by atoms with Crippen LogP contribution in [0, 0.1) is 32.1 Å². The van der Waals surface area contributed by atoms with Gasteiger partial charge in [0.05, 0.1) is 0 Å². The van der Waals surface area contributed by atoms with E-state index >= 15 is 0 Å². The van der Waals surface area contributed by atoms with Gasteiger partial charge in [0.15, 0.2) is 0 Å². The molecule has 0 unspecified atom stereocenters. The number of nitriles is 1. The van der Waals surface area contributed by atoms with Gasteiger partial charge in [-0.3, -0.25) is 4.79 Å². The molecule has 5 heteroatoms. The maximum absolute atomic E-state index is 12.1. The fourth-order valence-electron chi connectivity index (χ4n) is 2.80. The van der Waals surface area contributed by atoms with E-state index in [1.165, 1.54) is 0 Å². The van der Waals surface area contributed by atoms with Crippen molar-refractivity contribution >= 4 is 12.0 Å². The Bertz CT molecular complexity index is 841. The first-order valence-electron chi connectivity index (χ1n) is 8.25. The molecule has 130 valence electrons. The number of aryl methyl sites for hydroxylation is 2. The molecule has 2 N–H and O–H groups in total. The van der Waals surface area contributed by atoms with Crippen LogP contribution in [0.4, 0.5) is 0 Å². The molecule has 1 amide bonds. The van der Waals surface area contributed by atoms with Gasteiger partial charge in [0.25, 0.3) is 5.91 Å². The van der Waals surface area contributed by atoms with Crippen molar-refractivity contribution in [3.8, 4) is 11.8 Å². The number of aliphatic hydroxyl groups excluding tert-OH is 1. The molecule has 0 saturated heterocycles. The highest BCUT2D eigenvalue weighted by molar-refractivity contribution is 6.01. The molecule has 0 atom stereocenters. The van der Waals surface area contributed by atoms with E-state index in [9.17, 15) is 10.1 Å². The van der Waals surface area contributed by atoms with Crippen LogP contribution < -0.4 is 5.32 Å². The maximum Gasteiger partial charge on any atom is 0.261 e. The molecule has 1 heterocycles. The number of amides is 1. The molecule has 0 aliphatic carbocycles. The summed E-state index contributed by atoms with van der Waals surface area (Å²) in [5.41, 5.74) is 5.15. The van der Waals surface area contributed by atoms with E-state index in [-0.39, 0.29) is 12.2 Å². The normalized spacial score (nSPS) is 11.2. The second-order valence-corrected chi connectivity index (χ2v) is 5.95. The van der Waals surface area contributed by atoms with Crippen LogP contribution in [0.1, 0.15) is 28.9 Å². The molecule has 0 saturated carbocycles. The van der Waals surface area contributed by atoms with Crippen molar-refractivity contribution < 1.29 is 9.90 Å². The van der Waals surface area contributed by atoms with Crippen LogP contribution in [-0.2, 0) is 4.79 Å². The first-order chi connectivity index (χ1) is 12.0. The number of aromatic nitrogens is 1. The Morgan fingerprint density at radius 2 is 2.04 bits per heavy atom. The van der Waals surface area contributed by atoms with Gasteiger partial charge in [-0.05, 0) is 56.5 Å². The molecule has 5 nitrogen and oxygen atoms in total. The van der Waals surface area contributed by atoms with Gasteiger partial charge in [-0.15, -0.1) is 0 Å². The third-order valence-corrected chi connectivity index (χ3v) is 4.11. The maximum atomic E-state index is 12.1. The summed E-state index contributed by atoms with van der Waals surface area (Å²) >= 11 is 0. The first kappa shape index (κ1) is 18.5. The van der Waals surface area contributed by atoms with Gasteiger partial charge in [0.2, 0.25) is 0 Å². The Balaban J connectivity index is 2.38. The summed E-state index contributed by atoms with van der Waals surface area (Å²) in [5.74, 6) is -0.420. The average Bonchev–Trinajstić information content (AvgIpc) is 2.87. The van der Waals surface area contributed by atoms with E-state index in [0.717, 1.165) is 28.2 Å². The van der Waals surface area contributed by atoms with Gasteiger partial charge in [-0.25, -0.2) is 0 Å². The fraction of sp³-hybridized carbons (Fsp3) is 0.300. The molecule has 0 radical (unpaired) electrons. The van der Waals surface area contributed by atoms with Crippen LogP contribution >= 0.6 is 0 Å². The highest BCUT2D eigenvalue weighted by Gasteiger charge is 2.14. The number of rotatable bonds is 6. The molecule has 0 aliphatic heterocycles. The van der Waals surface area contributed by atoms with Gasteiger partial charge in [0, 0.05) is 30.2 Å². The summed E-state index contributed by atoms with van der Waals surface area (Å²) in [6.07, 6.45) is 2.08. The number of para-hydroxylation sites is 1. The fourth-order valence-corrected chi connectivity index (χ4v) is 2.80. The van der Waals surface area contributed by atoms with Crippen LogP contribution in [-0.4, -0.2) is 28.7 Å². The minimum atomic E-state index is -0.420. The van der Waals surface area contributed by atoms with Crippen molar-refractivity contribution in [3.63, 3.8) is 0 Å². The molecule has 0 bridgehead atoms. The molecule has 0 aliphatic rings. The zero-order valence-electron chi connectivity index (χ0n) is 14.8. The summed E-state index contributed by atoms with van der Waals surface area (Å²) in [7, 11) is 0. The van der Waals surface area contributed by atoms with E-state index in [1.54, 1.807) is 6.08 Å². The summed E-state index contributed by atoms with van der Waals surface area (Å²) in [6.45, 7) is 6.38. The molecular weight excluding hydrogens is 314 g/mol. The highest BCUT2D eigenvalue weighted by Crippen LogP contribution is 2.24. The molecule has 0 fully saturated rings. The van der Waals surface area contributed by atoms with E-state index < -0.39 is 5.91 Å². The summed E-state index contributed by atoms with van der Waals surface area (Å²) < 4.78 is 2.12.